The number of allylic oxidation sites excluding steroid dienone is 2. The minimum Gasteiger partial charge on any atom is -0.480 e. The van der Waals surface area contributed by atoms with Crippen LogP contribution < -0.4 is 5.32 Å². The Morgan fingerprint density at radius 1 is 1.69 bits per heavy atom. The molecule has 0 aromatic carbocycles. The van der Waals surface area contributed by atoms with E-state index >= 15 is 0 Å². The third-order valence-electron chi connectivity index (χ3n) is 2.36. The van der Waals surface area contributed by atoms with Gasteiger partial charge in [0.15, 0.2) is 0 Å². The van der Waals surface area contributed by atoms with Crippen molar-refractivity contribution in [2.75, 3.05) is 13.1 Å². The van der Waals surface area contributed by atoms with E-state index in [1.165, 1.54) is 0 Å². The summed E-state index contributed by atoms with van der Waals surface area (Å²) in [5.74, 6) is 0.163. The molecule has 2 rings (SSSR count). The lowest BCUT2D eigenvalue weighted by atomic mass is 10.1. The largest absolute Gasteiger partial charge is 0.480 e. The first kappa shape index (κ1) is 8.16. The van der Waals surface area contributed by atoms with Gasteiger partial charge in [0.1, 0.15) is 11.9 Å². The number of nitrogens with zero attached hydrogens (tertiary/aromatic N) is 1. The monoisotopic (exact) mass is 180 g/mol. The molecule has 1 atom stereocenters. The molecule has 4 heteroatoms. The number of carboxylic acid groups (broad SMARTS) is 1. The van der Waals surface area contributed by atoms with Crippen LogP contribution in [0.1, 0.15) is 6.42 Å². The Morgan fingerprint density at radius 3 is 3.31 bits per heavy atom. The zero-order chi connectivity index (χ0) is 9.26. The van der Waals surface area contributed by atoms with Crippen LogP contribution in [0, 0.1) is 0 Å². The van der Waals surface area contributed by atoms with Gasteiger partial charge in [0, 0.05) is 13.1 Å². The van der Waals surface area contributed by atoms with E-state index in [2.05, 4.69) is 16.3 Å². The fourth-order valence-electron chi connectivity index (χ4n) is 1.62. The van der Waals surface area contributed by atoms with E-state index in [1.807, 2.05) is 12.2 Å². The molecule has 0 spiro atoms. The Bertz CT molecular complexity index is 283. The van der Waals surface area contributed by atoms with Crippen molar-refractivity contribution >= 4 is 5.97 Å². The Kier molecular flexibility index (Phi) is 1.96. The summed E-state index contributed by atoms with van der Waals surface area (Å²) in [5, 5.41) is 11.8. The highest BCUT2D eigenvalue weighted by atomic mass is 16.4. The summed E-state index contributed by atoms with van der Waals surface area (Å²) in [5.41, 5.74) is 0. The normalized spacial score (nSPS) is 26.0. The number of carbonyl (C=O) groups is 1. The van der Waals surface area contributed by atoms with Crippen LogP contribution in [0.3, 0.4) is 0 Å². The molecule has 13 heavy (non-hydrogen) atoms. The Balaban J connectivity index is 2.09. The quantitative estimate of drug-likeness (QED) is 0.603. The van der Waals surface area contributed by atoms with Crippen molar-refractivity contribution in [3.8, 4) is 0 Å². The van der Waals surface area contributed by atoms with E-state index in [1.54, 1.807) is 0 Å². The summed E-state index contributed by atoms with van der Waals surface area (Å²) in [7, 11) is 0. The van der Waals surface area contributed by atoms with E-state index < -0.39 is 12.0 Å². The van der Waals surface area contributed by atoms with Crippen LogP contribution in [0.5, 0.6) is 0 Å². The summed E-state index contributed by atoms with van der Waals surface area (Å²) < 4.78 is 0. The number of aliphatic carboxylic acids is 1. The van der Waals surface area contributed by atoms with Crippen molar-refractivity contribution in [1.29, 1.82) is 0 Å². The molecule has 2 N–H and O–H groups in total. The fourth-order valence-corrected chi connectivity index (χ4v) is 1.62. The van der Waals surface area contributed by atoms with Gasteiger partial charge in [-0.25, -0.2) is 4.79 Å². The predicted octanol–water partition coefficient (Wildman–Crippen LogP) is 0.146. The van der Waals surface area contributed by atoms with Crippen molar-refractivity contribution in [2.45, 2.75) is 12.5 Å². The van der Waals surface area contributed by atoms with Crippen LogP contribution in [0.15, 0.2) is 24.0 Å². The molecule has 0 radical (unpaired) electrons. The smallest absolute Gasteiger partial charge is 0.326 e. The summed E-state index contributed by atoms with van der Waals surface area (Å²) in [4.78, 5) is 12.8. The maximum atomic E-state index is 10.7. The Morgan fingerprint density at radius 2 is 2.54 bits per heavy atom. The summed E-state index contributed by atoms with van der Waals surface area (Å²) in [6.07, 6.45) is 6.59. The molecule has 0 aromatic rings. The highest BCUT2D eigenvalue weighted by Crippen LogP contribution is 2.15. The van der Waals surface area contributed by atoms with Crippen LogP contribution in [-0.2, 0) is 4.79 Å². The highest BCUT2D eigenvalue weighted by molar-refractivity contribution is 5.74. The van der Waals surface area contributed by atoms with Gasteiger partial charge in [0.25, 0.3) is 0 Å². The van der Waals surface area contributed by atoms with Crippen LogP contribution in [0.4, 0.5) is 0 Å². The van der Waals surface area contributed by atoms with Crippen LogP contribution in [0.2, 0.25) is 0 Å². The van der Waals surface area contributed by atoms with Crippen LogP contribution in [-0.4, -0.2) is 35.1 Å². The SMILES string of the molecule is O=C(O)C1CCN2CC=CC=C2N1. The topological polar surface area (TPSA) is 52.6 Å². The average molecular weight is 180 g/mol. The van der Waals surface area contributed by atoms with Crippen LogP contribution >= 0.6 is 0 Å². The van der Waals surface area contributed by atoms with Crippen molar-refractivity contribution in [3.05, 3.63) is 24.0 Å². The molecule has 0 saturated carbocycles. The van der Waals surface area contributed by atoms with Gasteiger partial charge in [0.2, 0.25) is 0 Å². The maximum absolute atomic E-state index is 10.7. The average Bonchev–Trinajstić information content (AvgIpc) is 2.17. The molecular formula is C9H12N2O2. The summed E-state index contributed by atoms with van der Waals surface area (Å²) >= 11 is 0. The first-order valence-corrected chi connectivity index (χ1v) is 4.38. The Hall–Kier alpha value is -1.45. The second-order valence-electron chi connectivity index (χ2n) is 3.25. The lowest BCUT2D eigenvalue weighted by Gasteiger charge is -2.36. The molecule has 2 aliphatic rings. The van der Waals surface area contributed by atoms with Crippen molar-refractivity contribution in [1.82, 2.24) is 10.2 Å². The zero-order valence-corrected chi connectivity index (χ0v) is 7.23. The predicted molar refractivity (Wildman–Crippen MR) is 48.0 cm³/mol. The van der Waals surface area contributed by atoms with E-state index in [4.69, 9.17) is 5.11 Å². The lowest BCUT2D eigenvalue weighted by Crippen LogP contribution is -2.49. The third-order valence-corrected chi connectivity index (χ3v) is 2.36. The van der Waals surface area contributed by atoms with Gasteiger partial charge >= 0.3 is 5.97 Å². The van der Waals surface area contributed by atoms with Crippen LogP contribution in [0.25, 0.3) is 0 Å². The lowest BCUT2D eigenvalue weighted by molar-refractivity contribution is -0.140. The van der Waals surface area contributed by atoms with Gasteiger partial charge in [0.05, 0.1) is 0 Å². The number of carboxylic acids is 1. The number of hydrogen-bond donors (Lipinski definition) is 2. The minimum atomic E-state index is -0.768. The third kappa shape index (κ3) is 1.52. The molecule has 2 aliphatic heterocycles. The molecule has 4 nitrogen and oxygen atoms in total. The molecule has 1 fully saturated rings. The molecule has 0 aliphatic carbocycles. The molecule has 2 heterocycles. The molecule has 0 aromatic heterocycles. The standard InChI is InChI=1S/C9H12N2O2/c12-9(13)7-4-6-11-5-2-1-3-8(11)10-7/h1-3,7,10H,4-6H2,(H,12,13). The minimum absolute atomic E-state index is 0.422. The van der Waals surface area contributed by atoms with E-state index in [0.717, 1.165) is 18.9 Å². The van der Waals surface area contributed by atoms with E-state index in [9.17, 15) is 4.79 Å². The van der Waals surface area contributed by atoms with Crippen molar-refractivity contribution in [2.24, 2.45) is 0 Å². The molecule has 1 saturated heterocycles. The van der Waals surface area contributed by atoms with Crippen molar-refractivity contribution < 1.29 is 9.90 Å². The number of nitrogens with one attached hydrogen (secondary N) is 1. The van der Waals surface area contributed by atoms with Gasteiger partial charge in [-0.1, -0.05) is 12.2 Å². The second-order valence-corrected chi connectivity index (χ2v) is 3.25. The van der Waals surface area contributed by atoms with Gasteiger partial charge in [-0.05, 0) is 12.5 Å². The molecule has 0 amide bonds. The number of rotatable bonds is 1. The molecule has 0 bridgehead atoms. The van der Waals surface area contributed by atoms with Gasteiger partial charge in [-0.2, -0.15) is 0 Å². The van der Waals surface area contributed by atoms with E-state index in [-0.39, 0.29) is 0 Å². The number of hydrogen-bond acceptors (Lipinski definition) is 3. The first-order chi connectivity index (χ1) is 6.27. The van der Waals surface area contributed by atoms with Gasteiger partial charge in [-0.15, -0.1) is 0 Å². The van der Waals surface area contributed by atoms with E-state index in [0.29, 0.717) is 6.42 Å². The molecular weight excluding hydrogens is 168 g/mol. The molecule has 1 unspecified atom stereocenters. The summed E-state index contributed by atoms with van der Waals surface area (Å²) in [6.45, 7) is 1.70. The van der Waals surface area contributed by atoms with Crippen molar-refractivity contribution in [3.63, 3.8) is 0 Å². The van der Waals surface area contributed by atoms with Gasteiger partial charge < -0.3 is 15.3 Å². The second kappa shape index (κ2) is 3.12. The first-order valence-electron chi connectivity index (χ1n) is 4.38. The summed E-state index contributed by atoms with van der Waals surface area (Å²) in [6, 6.07) is -0.422. The van der Waals surface area contributed by atoms with Gasteiger partial charge in [-0.3, -0.25) is 0 Å². The highest BCUT2D eigenvalue weighted by Gasteiger charge is 2.26. The fraction of sp³-hybridized carbons (Fsp3) is 0.444. The maximum Gasteiger partial charge on any atom is 0.326 e. The number of fused-ring (bicyclic) bond motifs is 1. The zero-order valence-electron chi connectivity index (χ0n) is 7.23. The Labute approximate surface area is 76.5 Å². The molecule has 70 valence electrons.